The van der Waals surface area contributed by atoms with Crippen LogP contribution in [0.4, 0.5) is 10.1 Å². The molecule has 0 saturated carbocycles. The Labute approximate surface area is 186 Å². The van der Waals surface area contributed by atoms with Crippen molar-refractivity contribution in [1.29, 1.82) is 0 Å². The van der Waals surface area contributed by atoms with Gasteiger partial charge in [0.15, 0.2) is 6.61 Å². The number of ether oxygens (including phenoxy) is 1. The van der Waals surface area contributed by atoms with Crippen LogP contribution in [0.1, 0.15) is 25.0 Å². The number of anilines is 1. The number of nitrogens with one attached hydrogen (secondary N) is 1. The first-order chi connectivity index (χ1) is 14.6. The second-order valence-corrected chi connectivity index (χ2v) is 9.00. The lowest BCUT2D eigenvalue weighted by atomic mass is 10.1. The lowest BCUT2D eigenvalue weighted by Gasteiger charge is -2.19. The Hall–Kier alpha value is -2.49. The number of carbonyl (C=O) groups excluding carboxylic acids is 2. The summed E-state index contributed by atoms with van der Waals surface area (Å²) in [6, 6.07) is 8.44. The molecule has 31 heavy (non-hydrogen) atoms. The van der Waals surface area contributed by atoms with Crippen molar-refractivity contribution < 1.29 is 27.1 Å². The fourth-order valence-electron chi connectivity index (χ4n) is 2.84. The highest BCUT2D eigenvalue weighted by Crippen LogP contribution is 2.23. The molecule has 0 aliphatic carbocycles. The Morgan fingerprint density at radius 3 is 2.45 bits per heavy atom. The Morgan fingerprint density at radius 2 is 1.84 bits per heavy atom. The van der Waals surface area contributed by atoms with Gasteiger partial charge in [-0.2, -0.15) is 4.31 Å². The van der Waals surface area contributed by atoms with Crippen LogP contribution in [0.15, 0.2) is 41.3 Å². The molecule has 0 atom stereocenters. The molecule has 168 valence electrons. The third kappa shape index (κ3) is 6.25. The number of hydrogen-bond acceptors (Lipinski definition) is 5. The molecule has 2 aromatic carbocycles. The fourth-order valence-corrected chi connectivity index (χ4v) is 4.55. The Morgan fingerprint density at radius 1 is 1.16 bits per heavy atom. The molecule has 7 nitrogen and oxygen atoms in total. The first-order valence-corrected chi connectivity index (χ1v) is 11.4. The van der Waals surface area contributed by atoms with E-state index in [0.717, 1.165) is 0 Å². The lowest BCUT2D eigenvalue weighted by molar-refractivity contribution is -0.146. The molecule has 0 aliphatic heterocycles. The largest absolute Gasteiger partial charge is 0.455 e. The summed E-state index contributed by atoms with van der Waals surface area (Å²) in [5.74, 6) is -2.12. The van der Waals surface area contributed by atoms with Gasteiger partial charge in [-0.3, -0.25) is 9.59 Å². The minimum absolute atomic E-state index is 0.0141. The van der Waals surface area contributed by atoms with Gasteiger partial charge in [0.1, 0.15) is 5.82 Å². The van der Waals surface area contributed by atoms with Gasteiger partial charge in [-0.15, -0.1) is 0 Å². The number of nitrogens with zero attached hydrogens (tertiary/aromatic N) is 1. The third-order valence-electron chi connectivity index (χ3n) is 4.57. The van der Waals surface area contributed by atoms with Crippen molar-refractivity contribution in [3.63, 3.8) is 0 Å². The predicted octanol–water partition coefficient (Wildman–Crippen LogP) is 3.54. The Kier molecular flexibility index (Phi) is 8.55. The van der Waals surface area contributed by atoms with Crippen molar-refractivity contribution in [3.8, 4) is 0 Å². The summed E-state index contributed by atoms with van der Waals surface area (Å²) < 4.78 is 45.3. The summed E-state index contributed by atoms with van der Waals surface area (Å²) in [7, 11) is -3.70. The number of esters is 1. The van der Waals surface area contributed by atoms with Gasteiger partial charge in [0.05, 0.1) is 11.3 Å². The summed E-state index contributed by atoms with van der Waals surface area (Å²) in [6.45, 7) is 5.20. The van der Waals surface area contributed by atoms with Crippen molar-refractivity contribution in [2.24, 2.45) is 0 Å². The van der Waals surface area contributed by atoms with Gasteiger partial charge in [0, 0.05) is 29.4 Å². The van der Waals surface area contributed by atoms with Crippen LogP contribution in [0, 0.1) is 12.7 Å². The predicted molar refractivity (Wildman–Crippen MR) is 116 cm³/mol. The first-order valence-electron chi connectivity index (χ1n) is 9.59. The SMILES string of the molecule is CCN(CC)S(=O)(=O)c1ccc(C)c(NC(=O)COC(=O)Cc2c(F)cccc2Cl)c1. The van der Waals surface area contributed by atoms with Gasteiger partial charge >= 0.3 is 5.97 Å². The van der Waals surface area contributed by atoms with E-state index in [0.29, 0.717) is 18.7 Å². The van der Waals surface area contributed by atoms with Crippen LogP contribution >= 0.6 is 11.6 Å². The van der Waals surface area contributed by atoms with Crippen molar-refractivity contribution >= 4 is 39.2 Å². The van der Waals surface area contributed by atoms with Crippen LogP contribution in [0.5, 0.6) is 0 Å². The molecule has 1 N–H and O–H groups in total. The molecular weight excluding hydrogens is 447 g/mol. The van der Waals surface area contributed by atoms with Crippen LogP contribution in [-0.2, 0) is 30.8 Å². The zero-order valence-electron chi connectivity index (χ0n) is 17.4. The highest BCUT2D eigenvalue weighted by Gasteiger charge is 2.22. The number of hydrogen-bond donors (Lipinski definition) is 1. The van der Waals surface area contributed by atoms with E-state index in [-0.39, 0.29) is 21.2 Å². The number of rotatable bonds is 9. The van der Waals surface area contributed by atoms with Crippen LogP contribution < -0.4 is 5.32 Å². The van der Waals surface area contributed by atoms with E-state index in [1.54, 1.807) is 26.8 Å². The smallest absolute Gasteiger partial charge is 0.310 e. The molecule has 0 radical (unpaired) electrons. The van der Waals surface area contributed by atoms with Crippen LogP contribution in [0.2, 0.25) is 5.02 Å². The van der Waals surface area contributed by atoms with Gasteiger partial charge in [-0.25, -0.2) is 12.8 Å². The minimum atomic E-state index is -3.70. The summed E-state index contributed by atoms with van der Waals surface area (Å²) in [4.78, 5) is 24.2. The van der Waals surface area contributed by atoms with Crippen LogP contribution in [0.3, 0.4) is 0 Å². The van der Waals surface area contributed by atoms with E-state index in [1.165, 1.54) is 34.6 Å². The molecule has 0 aromatic heterocycles. The molecule has 10 heteroatoms. The molecule has 0 aliphatic rings. The number of halogens is 2. The first kappa shape index (κ1) is 24.8. The average molecular weight is 471 g/mol. The highest BCUT2D eigenvalue weighted by atomic mass is 35.5. The molecule has 2 rings (SSSR count). The van der Waals surface area contributed by atoms with Gasteiger partial charge in [-0.05, 0) is 36.8 Å². The van der Waals surface area contributed by atoms with Crippen molar-refractivity contribution in [2.45, 2.75) is 32.1 Å². The highest BCUT2D eigenvalue weighted by molar-refractivity contribution is 7.89. The zero-order chi connectivity index (χ0) is 23.2. The number of carbonyl (C=O) groups is 2. The second kappa shape index (κ2) is 10.7. The van der Waals surface area contributed by atoms with E-state index in [4.69, 9.17) is 16.3 Å². The second-order valence-electron chi connectivity index (χ2n) is 6.65. The Bertz CT molecular complexity index is 1050. The number of sulfonamides is 1. The van der Waals surface area contributed by atoms with E-state index < -0.39 is 40.7 Å². The van der Waals surface area contributed by atoms with Crippen molar-refractivity contribution in [2.75, 3.05) is 25.0 Å². The lowest BCUT2D eigenvalue weighted by Crippen LogP contribution is -2.30. The van der Waals surface area contributed by atoms with E-state index >= 15 is 0 Å². The maximum absolute atomic E-state index is 13.8. The zero-order valence-corrected chi connectivity index (χ0v) is 19.0. The summed E-state index contributed by atoms with van der Waals surface area (Å²) in [6.07, 6.45) is -0.421. The van der Waals surface area contributed by atoms with Gasteiger partial charge in [0.25, 0.3) is 5.91 Å². The van der Waals surface area contributed by atoms with E-state index in [1.807, 2.05) is 0 Å². The molecule has 0 fully saturated rings. The normalized spacial score (nSPS) is 11.4. The van der Waals surface area contributed by atoms with Crippen LogP contribution in [-0.4, -0.2) is 44.3 Å². The minimum Gasteiger partial charge on any atom is -0.455 e. The van der Waals surface area contributed by atoms with Gasteiger partial charge < -0.3 is 10.1 Å². The molecule has 0 heterocycles. The number of amides is 1. The maximum atomic E-state index is 13.8. The summed E-state index contributed by atoms with van der Waals surface area (Å²) in [5, 5.41) is 2.63. The number of benzene rings is 2. The summed E-state index contributed by atoms with van der Waals surface area (Å²) >= 11 is 5.88. The monoisotopic (exact) mass is 470 g/mol. The molecule has 0 spiro atoms. The molecule has 0 bridgehead atoms. The maximum Gasteiger partial charge on any atom is 0.310 e. The van der Waals surface area contributed by atoms with Gasteiger partial charge in [0.2, 0.25) is 10.0 Å². The average Bonchev–Trinajstić information content (AvgIpc) is 2.71. The molecule has 2 aromatic rings. The number of aryl methyl sites for hydroxylation is 1. The fraction of sp³-hybridized carbons (Fsp3) is 0.333. The topological polar surface area (TPSA) is 92.8 Å². The van der Waals surface area contributed by atoms with E-state index in [9.17, 15) is 22.4 Å². The third-order valence-corrected chi connectivity index (χ3v) is 6.97. The molecular formula is C21H24ClFN2O5S. The van der Waals surface area contributed by atoms with Gasteiger partial charge in [-0.1, -0.05) is 37.6 Å². The van der Waals surface area contributed by atoms with Crippen molar-refractivity contribution in [1.82, 2.24) is 4.31 Å². The molecule has 0 unspecified atom stereocenters. The van der Waals surface area contributed by atoms with Crippen LogP contribution in [0.25, 0.3) is 0 Å². The Balaban J connectivity index is 2.04. The molecule has 1 amide bonds. The van der Waals surface area contributed by atoms with Crippen molar-refractivity contribution in [3.05, 3.63) is 58.4 Å². The standard InChI is InChI=1S/C21H24ClFN2O5S/c1-4-25(5-2)31(28,29)15-10-9-14(3)19(11-15)24-20(26)13-30-21(27)12-16-17(22)7-6-8-18(16)23/h6-11H,4-5,12-13H2,1-3H3,(H,24,26). The quantitative estimate of drug-likeness (QED) is 0.566. The summed E-state index contributed by atoms with van der Waals surface area (Å²) in [5.41, 5.74) is 0.905. The molecule has 0 saturated heterocycles. The van der Waals surface area contributed by atoms with E-state index in [2.05, 4.69) is 5.32 Å².